The summed E-state index contributed by atoms with van der Waals surface area (Å²) in [5.74, 6) is 0.466. The van der Waals surface area contributed by atoms with E-state index >= 15 is 0 Å². The van der Waals surface area contributed by atoms with E-state index in [1.165, 1.54) is 0 Å². The van der Waals surface area contributed by atoms with Crippen molar-refractivity contribution in [2.75, 3.05) is 32.9 Å². The first-order valence-electron chi connectivity index (χ1n) is 7.23. The number of nitrogen functional groups attached to an aromatic ring is 1. The smallest absolute Gasteiger partial charge is 0.254 e. The van der Waals surface area contributed by atoms with Crippen molar-refractivity contribution >= 4 is 11.7 Å². The number of piperidine rings is 1. The van der Waals surface area contributed by atoms with Gasteiger partial charge in [-0.3, -0.25) is 4.79 Å². The van der Waals surface area contributed by atoms with Crippen molar-refractivity contribution in [3.8, 4) is 0 Å². The molecule has 20 heavy (non-hydrogen) atoms. The van der Waals surface area contributed by atoms with Crippen molar-refractivity contribution in [2.45, 2.75) is 32.2 Å². The molecule has 0 atom stereocenters. The molecule has 0 bridgehead atoms. The van der Waals surface area contributed by atoms with Gasteiger partial charge in [-0.15, -0.1) is 0 Å². The van der Waals surface area contributed by atoms with Crippen LogP contribution in [0.1, 0.15) is 35.8 Å². The molecule has 0 saturated carbocycles. The Bertz CT molecular complexity index is 481. The zero-order valence-corrected chi connectivity index (χ0v) is 12.6. The van der Waals surface area contributed by atoms with Crippen molar-refractivity contribution in [3.05, 3.63) is 23.4 Å². The van der Waals surface area contributed by atoms with E-state index in [-0.39, 0.29) is 5.91 Å². The predicted molar refractivity (Wildman–Crippen MR) is 80.6 cm³/mol. The highest BCUT2D eigenvalue weighted by atomic mass is 16.2. The van der Waals surface area contributed by atoms with Gasteiger partial charge in [-0.1, -0.05) is 6.92 Å². The van der Waals surface area contributed by atoms with Crippen molar-refractivity contribution in [2.24, 2.45) is 0 Å². The molecule has 0 spiro atoms. The lowest BCUT2D eigenvalue weighted by Gasteiger charge is -2.35. The number of aryl methyl sites for hydroxylation is 1. The fraction of sp³-hybridized carbons (Fsp3) is 0.600. The number of anilines is 1. The number of carbonyl (C=O) groups is 1. The lowest BCUT2D eigenvalue weighted by Crippen LogP contribution is -2.44. The van der Waals surface area contributed by atoms with E-state index in [4.69, 9.17) is 5.73 Å². The largest absolute Gasteiger partial charge is 0.384 e. The number of hydrogen-bond donors (Lipinski definition) is 1. The van der Waals surface area contributed by atoms with Crippen LogP contribution in [0.4, 0.5) is 5.82 Å². The molecule has 1 saturated heterocycles. The Morgan fingerprint density at radius 1 is 1.45 bits per heavy atom. The summed E-state index contributed by atoms with van der Waals surface area (Å²) in [6, 6.07) is 3.84. The van der Waals surface area contributed by atoms with E-state index < -0.39 is 0 Å². The number of rotatable bonds is 3. The van der Waals surface area contributed by atoms with Crippen molar-refractivity contribution in [1.82, 2.24) is 14.8 Å². The standard InChI is InChI=1S/C15H24N4O/c1-4-12-9-11(10-14(16)17-12)15(20)19(3)13-5-7-18(2)8-6-13/h9-10,13H,4-8H2,1-3H3,(H2,16,17). The molecule has 5 heteroatoms. The zero-order chi connectivity index (χ0) is 14.7. The summed E-state index contributed by atoms with van der Waals surface area (Å²) < 4.78 is 0. The molecule has 0 unspecified atom stereocenters. The average Bonchev–Trinajstić information content (AvgIpc) is 2.45. The number of pyridine rings is 1. The van der Waals surface area contributed by atoms with Gasteiger partial charge >= 0.3 is 0 Å². The summed E-state index contributed by atoms with van der Waals surface area (Å²) in [4.78, 5) is 21.0. The van der Waals surface area contributed by atoms with Crippen LogP contribution in [0, 0.1) is 0 Å². The maximum Gasteiger partial charge on any atom is 0.254 e. The molecule has 110 valence electrons. The number of nitrogens with two attached hydrogens (primary N) is 1. The molecule has 1 aliphatic rings. The second kappa shape index (κ2) is 6.22. The molecule has 1 amide bonds. The van der Waals surface area contributed by atoms with Crippen molar-refractivity contribution < 1.29 is 4.79 Å². The van der Waals surface area contributed by atoms with Crippen LogP contribution in [-0.4, -0.2) is 53.9 Å². The van der Waals surface area contributed by atoms with E-state index in [2.05, 4.69) is 16.9 Å². The summed E-state index contributed by atoms with van der Waals surface area (Å²) in [6.45, 7) is 4.10. The van der Waals surface area contributed by atoms with E-state index in [1.54, 1.807) is 6.07 Å². The third kappa shape index (κ3) is 3.28. The summed E-state index contributed by atoms with van der Waals surface area (Å²) in [5.41, 5.74) is 7.30. The van der Waals surface area contributed by atoms with Gasteiger partial charge in [0.2, 0.25) is 0 Å². The second-order valence-electron chi connectivity index (χ2n) is 5.58. The Labute approximate surface area is 120 Å². The minimum absolute atomic E-state index is 0.0448. The molecule has 1 aromatic heterocycles. The van der Waals surface area contributed by atoms with Crippen LogP contribution in [0.15, 0.2) is 12.1 Å². The molecule has 1 aliphatic heterocycles. The zero-order valence-electron chi connectivity index (χ0n) is 12.6. The van der Waals surface area contributed by atoms with Gasteiger partial charge in [0, 0.05) is 24.3 Å². The quantitative estimate of drug-likeness (QED) is 0.906. The van der Waals surface area contributed by atoms with Gasteiger partial charge in [-0.2, -0.15) is 0 Å². The van der Waals surface area contributed by atoms with Crippen LogP contribution >= 0.6 is 0 Å². The van der Waals surface area contributed by atoms with Crippen LogP contribution in [-0.2, 0) is 6.42 Å². The monoisotopic (exact) mass is 276 g/mol. The Hall–Kier alpha value is -1.62. The molecule has 5 nitrogen and oxygen atoms in total. The molecule has 2 heterocycles. The summed E-state index contributed by atoms with van der Waals surface area (Å²) >= 11 is 0. The highest BCUT2D eigenvalue weighted by Crippen LogP contribution is 2.18. The number of hydrogen-bond acceptors (Lipinski definition) is 4. The van der Waals surface area contributed by atoms with Crippen molar-refractivity contribution in [1.29, 1.82) is 0 Å². The van der Waals surface area contributed by atoms with Crippen LogP contribution in [0.25, 0.3) is 0 Å². The van der Waals surface area contributed by atoms with Gasteiger partial charge in [0.1, 0.15) is 5.82 Å². The van der Waals surface area contributed by atoms with Crippen LogP contribution in [0.3, 0.4) is 0 Å². The van der Waals surface area contributed by atoms with Crippen molar-refractivity contribution in [3.63, 3.8) is 0 Å². The maximum absolute atomic E-state index is 12.6. The molecule has 0 aromatic carbocycles. The SMILES string of the molecule is CCc1cc(C(=O)N(C)C2CCN(C)CC2)cc(N)n1. The van der Waals surface area contributed by atoms with Crippen LogP contribution in [0.2, 0.25) is 0 Å². The topological polar surface area (TPSA) is 62.5 Å². The third-order valence-electron chi connectivity index (χ3n) is 4.06. The minimum Gasteiger partial charge on any atom is -0.384 e. The lowest BCUT2D eigenvalue weighted by molar-refractivity contribution is 0.0659. The predicted octanol–water partition coefficient (Wildman–Crippen LogP) is 1.39. The third-order valence-corrected chi connectivity index (χ3v) is 4.06. The molecule has 1 aromatic rings. The number of likely N-dealkylation sites (tertiary alicyclic amines) is 1. The lowest BCUT2D eigenvalue weighted by atomic mass is 10.0. The van der Waals surface area contributed by atoms with E-state index in [0.29, 0.717) is 17.4 Å². The first-order valence-corrected chi connectivity index (χ1v) is 7.23. The molecule has 2 N–H and O–H groups in total. The first kappa shape index (κ1) is 14.8. The molecular weight excluding hydrogens is 252 g/mol. The molecule has 1 fully saturated rings. The molecule has 0 radical (unpaired) electrons. The molecular formula is C15H24N4O. The number of amides is 1. The summed E-state index contributed by atoms with van der Waals surface area (Å²) in [6.07, 6.45) is 2.84. The van der Waals surface area contributed by atoms with Gasteiger partial charge in [-0.25, -0.2) is 4.98 Å². The maximum atomic E-state index is 12.6. The van der Waals surface area contributed by atoms with E-state index in [9.17, 15) is 4.79 Å². The van der Waals surface area contributed by atoms with Crippen LogP contribution < -0.4 is 5.73 Å². The second-order valence-corrected chi connectivity index (χ2v) is 5.58. The average molecular weight is 276 g/mol. The fourth-order valence-electron chi connectivity index (χ4n) is 2.67. The van der Waals surface area contributed by atoms with E-state index in [1.807, 2.05) is 24.9 Å². The van der Waals surface area contributed by atoms with E-state index in [0.717, 1.165) is 38.0 Å². The Morgan fingerprint density at radius 3 is 2.70 bits per heavy atom. The minimum atomic E-state index is 0.0448. The molecule has 2 rings (SSSR count). The summed E-state index contributed by atoms with van der Waals surface area (Å²) in [5, 5.41) is 0. The first-order chi connectivity index (χ1) is 9.51. The van der Waals surface area contributed by atoms with Gasteiger partial charge in [-0.05, 0) is 51.5 Å². The Kier molecular flexibility index (Phi) is 4.60. The van der Waals surface area contributed by atoms with Gasteiger partial charge in [0.15, 0.2) is 0 Å². The summed E-state index contributed by atoms with van der Waals surface area (Å²) in [7, 11) is 4.01. The normalized spacial score (nSPS) is 17.1. The number of carbonyl (C=O) groups excluding carboxylic acids is 1. The highest BCUT2D eigenvalue weighted by Gasteiger charge is 2.25. The number of nitrogens with zero attached hydrogens (tertiary/aromatic N) is 3. The Morgan fingerprint density at radius 2 is 2.10 bits per heavy atom. The number of aromatic nitrogens is 1. The van der Waals surface area contributed by atoms with Gasteiger partial charge in [0.05, 0.1) is 0 Å². The fourth-order valence-corrected chi connectivity index (χ4v) is 2.67. The Balaban J connectivity index is 2.12. The highest BCUT2D eigenvalue weighted by molar-refractivity contribution is 5.95. The van der Waals surface area contributed by atoms with Crippen LogP contribution in [0.5, 0.6) is 0 Å². The molecule has 0 aliphatic carbocycles. The van der Waals surface area contributed by atoms with Gasteiger partial charge < -0.3 is 15.5 Å². The van der Waals surface area contributed by atoms with Gasteiger partial charge in [0.25, 0.3) is 5.91 Å².